The summed E-state index contributed by atoms with van der Waals surface area (Å²) in [5.41, 5.74) is 1.68. The fraction of sp³-hybridized carbons (Fsp3) is 0. The standard InChI is InChI=1S/C12H8Cl2N2O/c1-2-11-10(12(14)17)7-15-16(11)9-5-3-8(13)4-6-9/h2-7H,1H2. The quantitative estimate of drug-likeness (QED) is 0.797. The lowest BCUT2D eigenvalue weighted by Gasteiger charge is -2.04. The van der Waals surface area contributed by atoms with Crippen molar-refractivity contribution in [2.24, 2.45) is 0 Å². The summed E-state index contributed by atoms with van der Waals surface area (Å²) >= 11 is 11.3. The van der Waals surface area contributed by atoms with Gasteiger partial charge in [-0.2, -0.15) is 5.10 Å². The molecule has 2 aromatic rings. The van der Waals surface area contributed by atoms with Crippen LogP contribution in [0, 0.1) is 0 Å². The number of rotatable bonds is 3. The summed E-state index contributed by atoms with van der Waals surface area (Å²) < 4.78 is 1.58. The number of halogens is 2. The lowest BCUT2D eigenvalue weighted by atomic mass is 10.2. The van der Waals surface area contributed by atoms with Crippen molar-refractivity contribution in [1.82, 2.24) is 9.78 Å². The number of aromatic nitrogens is 2. The number of hydrogen-bond acceptors (Lipinski definition) is 2. The summed E-state index contributed by atoms with van der Waals surface area (Å²) in [6.07, 6.45) is 2.96. The van der Waals surface area contributed by atoms with Gasteiger partial charge in [-0.15, -0.1) is 0 Å². The summed E-state index contributed by atoms with van der Waals surface area (Å²) in [5, 5.41) is 4.18. The summed E-state index contributed by atoms with van der Waals surface area (Å²) in [7, 11) is 0. The molecule has 2 rings (SSSR count). The van der Waals surface area contributed by atoms with E-state index in [1.165, 1.54) is 12.3 Å². The lowest BCUT2D eigenvalue weighted by Crippen LogP contribution is -2.00. The minimum Gasteiger partial charge on any atom is -0.275 e. The molecule has 0 saturated carbocycles. The maximum atomic E-state index is 11.2. The molecule has 86 valence electrons. The second-order valence-corrected chi connectivity index (χ2v) is 4.09. The predicted octanol–water partition coefficient (Wildman–Crippen LogP) is 3.55. The Labute approximate surface area is 108 Å². The Kier molecular flexibility index (Phi) is 3.31. The van der Waals surface area contributed by atoms with E-state index >= 15 is 0 Å². The molecule has 17 heavy (non-hydrogen) atoms. The molecule has 0 bridgehead atoms. The number of carbonyl (C=O) groups excluding carboxylic acids is 1. The van der Waals surface area contributed by atoms with Crippen molar-refractivity contribution in [2.75, 3.05) is 0 Å². The smallest absolute Gasteiger partial charge is 0.256 e. The first-order chi connectivity index (χ1) is 8.13. The fourth-order valence-electron chi connectivity index (χ4n) is 1.49. The fourth-order valence-corrected chi connectivity index (χ4v) is 1.77. The van der Waals surface area contributed by atoms with E-state index in [1.54, 1.807) is 28.9 Å². The van der Waals surface area contributed by atoms with E-state index in [0.29, 0.717) is 16.3 Å². The van der Waals surface area contributed by atoms with Crippen LogP contribution in [-0.4, -0.2) is 15.0 Å². The van der Waals surface area contributed by atoms with Gasteiger partial charge in [-0.3, -0.25) is 4.79 Å². The first-order valence-electron chi connectivity index (χ1n) is 4.79. The Hall–Kier alpha value is -1.58. The van der Waals surface area contributed by atoms with E-state index in [0.717, 1.165) is 5.69 Å². The molecule has 1 aromatic carbocycles. The third kappa shape index (κ3) is 2.25. The van der Waals surface area contributed by atoms with Crippen LogP contribution < -0.4 is 0 Å². The molecule has 5 heteroatoms. The minimum absolute atomic E-state index is 0.330. The van der Waals surface area contributed by atoms with Crippen molar-refractivity contribution in [3.63, 3.8) is 0 Å². The zero-order valence-electron chi connectivity index (χ0n) is 8.73. The summed E-state index contributed by atoms with van der Waals surface area (Å²) in [4.78, 5) is 11.2. The molecule has 0 spiro atoms. The second-order valence-electron chi connectivity index (χ2n) is 3.31. The SMILES string of the molecule is C=Cc1c(C(=O)Cl)cnn1-c1ccc(Cl)cc1. The summed E-state index contributed by atoms with van der Waals surface area (Å²) in [5.74, 6) is 0. The Bertz CT molecular complexity index is 573. The van der Waals surface area contributed by atoms with Gasteiger partial charge in [0.05, 0.1) is 23.1 Å². The van der Waals surface area contributed by atoms with E-state index in [9.17, 15) is 4.79 Å². The van der Waals surface area contributed by atoms with Gasteiger partial charge >= 0.3 is 0 Å². The maximum absolute atomic E-state index is 11.2. The van der Waals surface area contributed by atoms with Crippen LogP contribution in [0.25, 0.3) is 11.8 Å². The lowest BCUT2D eigenvalue weighted by molar-refractivity contribution is 0.108. The first-order valence-corrected chi connectivity index (χ1v) is 5.55. The highest BCUT2D eigenvalue weighted by molar-refractivity contribution is 6.68. The molecular formula is C12H8Cl2N2O. The van der Waals surface area contributed by atoms with E-state index < -0.39 is 5.24 Å². The van der Waals surface area contributed by atoms with Crippen molar-refractivity contribution >= 4 is 34.5 Å². The van der Waals surface area contributed by atoms with Crippen LogP contribution in [0.4, 0.5) is 0 Å². The average molecular weight is 267 g/mol. The molecule has 0 atom stereocenters. The topological polar surface area (TPSA) is 34.9 Å². The zero-order valence-corrected chi connectivity index (χ0v) is 10.2. The van der Waals surface area contributed by atoms with E-state index in [-0.39, 0.29) is 0 Å². The molecule has 0 radical (unpaired) electrons. The number of benzene rings is 1. The molecular weight excluding hydrogens is 259 g/mol. The molecule has 0 amide bonds. The van der Waals surface area contributed by atoms with E-state index in [4.69, 9.17) is 23.2 Å². The van der Waals surface area contributed by atoms with Gasteiger partial charge in [-0.25, -0.2) is 4.68 Å². The van der Waals surface area contributed by atoms with Crippen LogP contribution in [0.15, 0.2) is 37.0 Å². The van der Waals surface area contributed by atoms with Gasteiger partial charge in [0, 0.05) is 5.02 Å². The van der Waals surface area contributed by atoms with Gasteiger partial charge in [0.15, 0.2) is 0 Å². The predicted molar refractivity (Wildman–Crippen MR) is 68.8 cm³/mol. The highest BCUT2D eigenvalue weighted by Crippen LogP contribution is 2.19. The molecule has 0 aliphatic rings. The molecule has 0 N–H and O–H groups in total. The van der Waals surface area contributed by atoms with Gasteiger partial charge in [-0.1, -0.05) is 18.2 Å². The van der Waals surface area contributed by atoms with Crippen LogP contribution in [0.5, 0.6) is 0 Å². The van der Waals surface area contributed by atoms with Crippen molar-refractivity contribution in [1.29, 1.82) is 0 Å². The van der Waals surface area contributed by atoms with Crippen molar-refractivity contribution in [3.05, 3.63) is 53.3 Å². The molecule has 1 aromatic heterocycles. The van der Waals surface area contributed by atoms with Crippen molar-refractivity contribution in [2.45, 2.75) is 0 Å². The molecule has 0 aliphatic carbocycles. The molecule has 0 unspecified atom stereocenters. The molecule has 0 saturated heterocycles. The van der Waals surface area contributed by atoms with E-state index in [2.05, 4.69) is 11.7 Å². The number of carbonyl (C=O) groups is 1. The highest BCUT2D eigenvalue weighted by atomic mass is 35.5. The van der Waals surface area contributed by atoms with Crippen LogP contribution in [0.3, 0.4) is 0 Å². The highest BCUT2D eigenvalue weighted by Gasteiger charge is 2.14. The Balaban J connectivity index is 2.56. The number of hydrogen-bond donors (Lipinski definition) is 0. The maximum Gasteiger partial charge on any atom is 0.256 e. The van der Waals surface area contributed by atoms with Crippen molar-refractivity contribution < 1.29 is 4.79 Å². The molecule has 3 nitrogen and oxygen atoms in total. The average Bonchev–Trinajstić information content (AvgIpc) is 2.73. The van der Waals surface area contributed by atoms with Crippen LogP contribution >= 0.6 is 23.2 Å². The first kappa shape index (κ1) is 11.9. The molecule has 1 heterocycles. The van der Waals surface area contributed by atoms with Gasteiger partial charge in [0.2, 0.25) is 0 Å². The Morgan fingerprint density at radius 2 is 2.00 bits per heavy atom. The Morgan fingerprint density at radius 3 is 2.53 bits per heavy atom. The summed E-state index contributed by atoms with van der Waals surface area (Å²) in [6.45, 7) is 3.65. The monoisotopic (exact) mass is 266 g/mol. The Morgan fingerprint density at radius 1 is 1.35 bits per heavy atom. The zero-order chi connectivity index (χ0) is 12.4. The minimum atomic E-state index is -0.555. The van der Waals surface area contributed by atoms with Crippen LogP contribution in [-0.2, 0) is 0 Å². The second kappa shape index (κ2) is 4.73. The largest absolute Gasteiger partial charge is 0.275 e. The third-order valence-corrected chi connectivity index (χ3v) is 2.74. The van der Waals surface area contributed by atoms with Gasteiger partial charge in [-0.05, 0) is 41.9 Å². The van der Waals surface area contributed by atoms with Crippen LogP contribution in [0.2, 0.25) is 5.02 Å². The van der Waals surface area contributed by atoms with Crippen LogP contribution in [0.1, 0.15) is 16.1 Å². The van der Waals surface area contributed by atoms with Gasteiger partial charge in [0.1, 0.15) is 0 Å². The molecule has 0 fully saturated rings. The van der Waals surface area contributed by atoms with E-state index in [1.807, 2.05) is 0 Å². The van der Waals surface area contributed by atoms with Crippen molar-refractivity contribution in [3.8, 4) is 5.69 Å². The van der Waals surface area contributed by atoms with Gasteiger partial charge < -0.3 is 0 Å². The third-order valence-electron chi connectivity index (χ3n) is 2.28. The summed E-state index contributed by atoms with van der Waals surface area (Å²) in [6, 6.07) is 7.08. The molecule has 0 aliphatic heterocycles. The number of nitrogens with zero attached hydrogens (tertiary/aromatic N) is 2. The normalized spacial score (nSPS) is 10.2. The van der Waals surface area contributed by atoms with Gasteiger partial charge in [0.25, 0.3) is 5.24 Å².